The van der Waals surface area contributed by atoms with Crippen LogP contribution in [-0.4, -0.2) is 55.1 Å². The summed E-state index contributed by atoms with van der Waals surface area (Å²) in [6, 6.07) is 8.69. The van der Waals surface area contributed by atoms with E-state index in [0.717, 1.165) is 50.9 Å². The van der Waals surface area contributed by atoms with E-state index in [1.807, 2.05) is 12.1 Å². The zero-order valence-corrected chi connectivity index (χ0v) is 15.6. The molecule has 0 aliphatic carbocycles. The Morgan fingerprint density at radius 2 is 1.80 bits per heavy atom. The van der Waals surface area contributed by atoms with E-state index in [0.29, 0.717) is 6.04 Å². The van der Waals surface area contributed by atoms with Crippen LogP contribution in [0.4, 0.5) is 0 Å². The monoisotopic (exact) mass is 344 g/mol. The van der Waals surface area contributed by atoms with Crippen LogP contribution in [0.2, 0.25) is 0 Å². The third kappa shape index (κ3) is 5.05. The van der Waals surface area contributed by atoms with Gasteiger partial charge < -0.3 is 9.64 Å². The average Bonchev–Trinajstić information content (AvgIpc) is 3.15. The zero-order chi connectivity index (χ0) is 17.5. The first-order valence-corrected chi connectivity index (χ1v) is 9.89. The minimum absolute atomic E-state index is 0.204. The molecule has 2 aliphatic heterocycles. The van der Waals surface area contributed by atoms with Gasteiger partial charge in [-0.1, -0.05) is 12.1 Å². The number of benzene rings is 1. The lowest BCUT2D eigenvalue weighted by Gasteiger charge is -2.36. The van der Waals surface area contributed by atoms with Crippen LogP contribution >= 0.6 is 0 Å². The summed E-state index contributed by atoms with van der Waals surface area (Å²) in [5.74, 6) is 0.204. The summed E-state index contributed by atoms with van der Waals surface area (Å²) in [4.78, 5) is 17.6. The smallest absolute Gasteiger partial charge is 0.254 e. The molecule has 138 valence electrons. The number of carbonyl (C=O) groups excluding carboxylic acids is 1. The summed E-state index contributed by atoms with van der Waals surface area (Å²) in [6.45, 7) is 5.10. The maximum atomic E-state index is 13.0. The summed E-state index contributed by atoms with van der Waals surface area (Å²) in [5.41, 5.74) is 2.15. The van der Waals surface area contributed by atoms with Crippen LogP contribution in [0.15, 0.2) is 24.3 Å². The second kappa shape index (κ2) is 9.35. The number of likely N-dealkylation sites (tertiary alicyclic amines) is 2. The number of hydrogen-bond acceptors (Lipinski definition) is 3. The summed E-state index contributed by atoms with van der Waals surface area (Å²) < 4.78 is 5.17. The molecular formula is C21H32N2O2. The Balaban J connectivity index is 1.59. The first-order valence-electron chi connectivity index (χ1n) is 9.89. The van der Waals surface area contributed by atoms with Crippen molar-refractivity contribution in [2.75, 3.05) is 33.4 Å². The van der Waals surface area contributed by atoms with E-state index in [4.69, 9.17) is 4.74 Å². The second-order valence-electron chi connectivity index (χ2n) is 7.46. The van der Waals surface area contributed by atoms with Gasteiger partial charge in [-0.2, -0.15) is 0 Å². The van der Waals surface area contributed by atoms with Crippen molar-refractivity contribution in [3.05, 3.63) is 35.4 Å². The topological polar surface area (TPSA) is 32.8 Å². The van der Waals surface area contributed by atoms with E-state index in [9.17, 15) is 4.79 Å². The molecule has 2 fully saturated rings. The summed E-state index contributed by atoms with van der Waals surface area (Å²) in [7, 11) is 1.74. The average molecular weight is 344 g/mol. The first-order chi connectivity index (χ1) is 12.3. The highest BCUT2D eigenvalue weighted by Gasteiger charge is 2.27. The Morgan fingerprint density at radius 1 is 1.08 bits per heavy atom. The molecule has 1 unspecified atom stereocenters. The van der Waals surface area contributed by atoms with Crippen LogP contribution < -0.4 is 0 Å². The summed E-state index contributed by atoms with van der Waals surface area (Å²) in [5, 5.41) is 0. The van der Waals surface area contributed by atoms with Crippen molar-refractivity contribution in [3.8, 4) is 0 Å². The molecule has 1 atom stereocenters. The lowest BCUT2D eigenvalue weighted by molar-refractivity contribution is 0.0585. The molecule has 4 nitrogen and oxygen atoms in total. The van der Waals surface area contributed by atoms with Gasteiger partial charge in [0.2, 0.25) is 0 Å². The number of piperidine rings is 1. The molecule has 0 saturated carbocycles. The van der Waals surface area contributed by atoms with Crippen LogP contribution in [0.3, 0.4) is 0 Å². The molecule has 1 aromatic rings. The molecule has 0 radical (unpaired) electrons. The van der Waals surface area contributed by atoms with Crippen LogP contribution in [-0.2, 0) is 11.3 Å². The quantitative estimate of drug-likeness (QED) is 0.707. The van der Waals surface area contributed by atoms with Gasteiger partial charge in [0, 0.05) is 38.4 Å². The van der Waals surface area contributed by atoms with Crippen molar-refractivity contribution in [1.82, 2.24) is 9.80 Å². The fraction of sp³-hybridized carbons (Fsp3) is 0.667. The Labute approximate surface area is 152 Å². The molecular weight excluding hydrogens is 312 g/mol. The molecule has 2 aliphatic rings. The van der Waals surface area contributed by atoms with E-state index >= 15 is 0 Å². The molecule has 1 aromatic carbocycles. The largest absolute Gasteiger partial charge is 0.385 e. The third-order valence-corrected chi connectivity index (χ3v) is 5.58. The number of carbonyl (C=O) groups is 1. The number of rotatable bonds is 7. The fourth-order valence-electron chi connectivity index (χ4n) is 4.15. The molecule has 0 N–H and O–H groups in total. The molecule has 4 heteroatoms. The fourth-order valence-corrected chi connectivity index (χ4v) is 4.15. The van der Waals surface area contributed by atoms with Crippen LogP contribution in [0.5, 0.6) is 0 Å². The van der Waals surface area contributed by atoms with Gasteiger partial charge in [-0.15, -0.1) is 0 Å². The van der Waals surface area contributed by atoms with Crippen LogP contribution in [0.1, 0.15) is 60.9 Å². The number of hydrogen-bond donors (Lipinski definition) is 0. The molecule has 2 heterocycles. The number of ether oxygens (including phenoxy) is 1. The van der Waals surface area contributed by atoms with E-state index in [1.165, 1.54) is 37.9 Å². The lowest BCUT2D eigenvalue weighted by atomic mass is 9.97. The normalized spacial score (nSPS) is 21.6. The van der Waals surface area contributed by atoms with Gasteiger partial charge in [-0.05, 0) is 75.7 Å². The van der Waals surface area contributed by atoms with Crippen LogP contribution in [0, 0.1) is 0 Å². The van der Waals surface area contributed by atoms with E-state index in [1.54, 1.807) is 7.11 Å². The molecule has 1 amide bonds. The minimum Gasteiger partial charge on any atom is -0.385 e. The van der Waals surface area contributed by atoms with Crippen molar-refractivity contribution in [3.63, 3.8) is 0 Å². The van der Waals surface area contributed by atoms with Crippen molar-refractivity contribution in [2.45, 2.75) is 57.5 Å². The van der Waals surface area contributed by atoms with Crippen molar-refractivity contribution in [2.24, 2.45) is 0 Å². The Morgan fingerprint density at radius 3 is 2.52 bits per heavy atom. The number of nitrogens with zero attached hydrogens (tertiary/aromatic N) is 2. The van der Waals surface area contributed by atoms with Gasteiger partial charge in [0.15, 0.2) is 0 Å². The predicted octanol–water partition coefficient (Wildman–Crippen LogP) is 3.70. The van der Waals surface area contributed by atoms with E-state index in [-0.39, 0.29) is 5.91 Å². The SMILES string of the molecule is COCCCC1CCCCN1C(=O)c1ccc(CN2CCCC2)cc1. The highest BCUT2D eigenvalue weighted by atomic mass is 16.5. The number of methoxy groups -OCH3 is 1. The standard InChI is InChI=1S/C21H32N2O2/c1-25-16-6-8-20-7-2-3-15-23(20)21(24)19-11-9-18(10-12-19)17-22-13-4-5-14-22/h9-12,20H,2-8,13-17H2,1H3. The maximum absolute atomic E-state index is 13.0. The van der Waals surface area contributed by atoms with Gasteiger partial charge in [0.05, 0.1) is 0 Å². The van der Waals surface area contributed by atoms with Crippen molar-refractivity contribution >= 4 is 5.91 Å². The predicted molar refractivity (Wildman–Crippen MR) is 101 cm³/mol. The van der Waals surface area contributed by atoms with Gasteiger partial charge in [0.25, 0.3) is 5.91 Å². The molecule has 2 saturated heterocycles. The highest BCUT2D eigenvalue weighted by molar-refractivity contribution is 5.94. The van der Waals surface area contributed by atoms with E-state index < -0.39 is 0 Å². The maximum Gasteiger partial charge on any atom is 0.254 e. The second-order valence-corrected chi connectivity index (χ2v) is 7.46. The third-order valence-electron chi connectivity index (χ3n) is 5.58. The zero-order valence-electron chi connectivity index (χ0n) is 15.6. The summed E-state index contributed by atoms with van der Waals surface area (Å²) in [6.07, 6.45) is 8.19. The Bertz CT molecular complexity index is 537. The summed E-state index contributed by atoms with van der Waals surface area (Å²) >= 11 is 0. The van der Waals surface area contributed by atoms with Gasteiger partial charge in [-0.25, -0.2) is 0 Å². The molecule has 25 heavy (non-hydrogen) atoms. The van der Waals surface area contributed by atoms with Crippen molar-refractivity contribution < 1.29 is 9.53 Å². The van der Waals surface area contributed by atoms with Gasteiger partial charge in [-0.3, -0.25) is 9.69 Å². The highest BCUT2D eigenvalue weighted by Crippen LogP contribution is 2.23. The molecule has 0 aromatic heterocycles. The molecule has 0 spiro atoms. The van der Waals surface area contributed by atoms with E-state index in [2.05, 4.69) is 21.9 Å². The molecule has 0 bridgehead atoms. The molecule has 3 rings (SSSR count). The van der Waals surface area contributed by atoms with Crippen molar-refractivity contribution in [1.29, 1.82) is 0 Å². The van der Waals surface area contributed by atoms with Gasteiger partial charge >= 0.3 is 0 Å². The Hall–Kier alpha value is -1.39. The van der Waals surface area contributed by atoms with Crippen LogP contribution in [0.25, 0.3) is 0 Å². The minimum atomic E-state index is 0.204. The lowest BCUT2D eigenvalue weighted by Crippen LogP contribution is -2.43. The Kier molecular flexibility index (Phi) is 6.88. The first kappa shape index (κ1) is 18.4. The van der Waals surface area contributed by atoms with Gasteiger partial charge in [0.1, 0.15) is 0 Å². The number of amides is 1.